The van der Waals surface area contributed by atoms with Gasteiger partial charge in [0.25, 0.3) is 5.91 Å². The number of rotatable bonds is 9. The predicted molar refractivity (Wildman–Crippen MR) is 110 cm³/mol. The number of carbonyl (C=O) groups is 2. The molecule has 0 fully saturated rings. The Bertz CT molecular complexity index is 598. The normalized spacial score (nSPS) is 10.7. The first-order chi connectivity index (χ1) is 12.3. The van der Waals surface area contributed by atoms with Gasteiger partial charge in [0.2, 0.25) is 5.91 Å². The Morgan fingerprint density at radius 1 is 1.12 bits per heavy atom. The summed E-state index contributed by atoms with van der Waals surface area (Å²) in [4.78, 5) is 26.1. The monoisotopic (exact) mass is 378 g/mol. The molecule has 0 aliphatic carbocycles. The second kappa shape index (κ2) is 11.6. The largest absolute Gasteiger partial charge is 0.351 e. The molecule has 7 heteroatoms. The lowest BCUT2D eigenvalue weighted by Crippen LogP contribution is -2.35. The van der Waals surface area contributed by atoms with E-state index in [4.69, 9.17) is 12.2 Å². The minimum absolute atomic E-state index is 0.100. The maximum Gasteiger partial charge on any atom is 0.251 e. The van der Waals surface area contributed by atoms with Gasteiger partial charge in [0, 0.05) is 30.8 Å². The van der Waals surface area contributed by atoms with Crippen LogP contribution in [0, 0.1) is 5.92 Å². The summed E-state index contributed by atoms with van der Waals surface area (Å²) < 4.78 is 0. The van der Waals surface area contributed by atoms with E-state index < -0.39 is 0 Å². The first kappa shape index (κ1) is 22.1. The van der Waals surface area contributed by atoms with Crippen molar-refractivity contribution in [3.05, 3.63) is 29.8 Å². The van der Waals surface area contributed by atoms with Crippen molar-refractivity contribution in [2.24, 2.45) is 5.92 Å². The van der Waals surface area contributed by atoms with Crippen LogP contribution in [0.25, 0.3) is 0 Å². The Labute approximate surface area is 161 Å². The van der Waals surface area contributed by atoms with E-state index in [-0.39, 0.29) is 22.8 Å². The number of nitrogens with one attached hydrogen (secondary N) is 3. The molecule has 26 heavy (non-hydrogen) atoms. The number of amides is 2. The topological polar surface area (TPSA) is 73.5 Å². The van der Waals surface area contributed by atoms with Crippen LogP contribution in [0.15, 0.2) is 24.3 Å². The summed E-state index contributed by atoms with van der Waals surface area (Å²) >= 11 is 5.13. The van der Waals surface area contributed by atoms with Crippen LogP contribution in [0.1, 0.15) is 44.5 Å². The lowest BCUT2D eigenvalue weighted by molar-refractivity contribution is -0.120. The molecule has 0 heterocycles. The van der Waals surface area contributed by atoms with Crippen molar-refractivity contribution in [3.8, 4) is 0 Å². The highest BCUT2D eigenvalue weighted by atomic mass is 32.1. The van der Waals surface area contributed by atoms with Gasteiger partial charge in [0.1, 0.15) is 0 Å². The molecule has 3 N–H and O–H groups in total. The van der Waals surface area contributed by atoms with Crippen LogP contribution < -0.4 is 16.0 Å². The Morgan fingerprint density at radius 3 is 2.27 bits per heavy atom. The molecule has 0 saturated carbocycles. The maximum atomic E-state index is 12.2. The van der Waals surface area contributed by atoms with Crippen molar-refractivity contribution >= 4 is 34.8 Å². The molecule has 0 saturated heterocycles. The number of hydrogen-bond donors (Lipinski definition) is 3. The van der Waals surface area contributed by atoms with Gasteiger partial charge in [-0.05, 0) is 55.5 Å². The van der Waals surface area contributed by atoms with Gasteiger partial charge < -0.3 is 20.9 Å². The van der Waals surface area contributed by atoms with Crippen molar-refractivity contribution in [2.45, 2.75) is 34.1 Å². The molecule has 0 unspecified atom stereocenters. The minimum Gasteiger partial charge on any atom is -0.351 e. The van der Waals surface area contributed by atoms with Gasteiger partial charge >= 0.3 is 0 Å². The van der Waals surface area contributed by atoms with Crippen molar-refractivity contribution in [2.75, 3.05) is 31.5 Å². The first-order valence-corrected chi connectivity index (χ1v) is 9.47. The fourth-order valence-corrected chi connectivity index (χ4v) is 2.62. The van der Waals surface area contributed by atoms with Crippen LogP contribution in [-0.2, 0) is 4.79 Å². The second-order valence-corrected chi connectivity index (χ2v) is 6.87. The zero-order chi connectivity index (χ0) is 19.5. The number of carbonyl (C=O) groups excluding carboxylic acids is 2. The molecule has 0 aromatic heterocycles. The van der Waals surface area contributed by atoms with E-state index in [0.29, 0.717) is 18.5 Å². The zero-order valence-corrected chi connectivity index (χ0v) is 16.9. The average molecular weight is 379 g/mol. The molecule has 0 radical (unpaired) electrons. The summed E-state index contributed by atoms with van der Waals surface area (Å²) in [5.41, 5.74) is 1.31. The van der Waals surface area contributed by atoms with E-state index in [1.54, 1.807) is 24.3 Å². The summed E-state index contributed by atoms with van der Waals surface area (Å²) in [5, 5.41) is 8.77. The van der Waals surface area contributed by atoms with Crippen molar-refractivity contribution in [1.29, 1.82) is 0 Å². The number of benzene rings is 1. The lowest BCUT2D eigenvalue weighted by Gasteiger charge is -2.18. The van der Waals surface area contributed by atoms with Crippen molar-refractivity contribution < 1.29 is 9.59 Å². The van der Waals surface area contributed by atoms with E-state index in [2.05, 4.69) is 34.7 Å². The number of hydrogen-bond acceptors (Lipinski definition) is 4. The molecule has 6 nitrogen and oxygen atoms in total. The number of likely N-dealkylation sites (N-methyl/N-ethyl adjacent to an activating group) is 1. The Balaban J connectivity index is 2.46. The van der Waals surface area contributed by atoms with E-state index in [1.807, 2.05) is 13.8 Å². The second-order valence-electron chi connectivity index (χ2n) is 6.46. The molecule has 0 atom stereocenters. The summed E-state index contributed by atoms with van der Waals surface area (Å²) in [6.45, 7) is 11.6. The molecule has 0 aliphatic rings. The Kier molecular flexibility index (Phi) is 9.83. The van der Waals surface area contributed by atoms with Gasteiger partial charge in [-0.2, -0.15) is 0 Å². The molecule has 0 aliphatic heterocycles. The third kappa shape index (κ3) is 8.40. The van der Waals surface area contributed by atoms with Crippen LogP contribution in [0.2, 0.25) is 0 Å². The third-order valence-electron chi connectivity index (χ3n) is 3.86. The van der Waals surface area contributed by atoms with Gasteiger partial charge in [-0.1, -0.05) is 27.7 Å². The highest BCUT2D eigenvalue weighted by molar-refractivity contribution is 7.80. The summed E-state index contributed by atoms with van der Waals surface area (Å²) in [6.07, 6.45) is 0.425. The van der Waals surface area contributed by atoms with Gasteiger partial charge in [-0.3, -0.25) is 9.59 Å². The third-order valence-corrected chi connectivity index (χ3v) is 4.06. The fraction of sp³-hybridized carbons (Fsp3) is 0.526. The standard InChI is InChI=1S/C19H30N4O2S/c1-5-23(6-2)12-11-20-18(25)15-7-9-16(10-8-15)21-19(26)22-17(24)13-14(3)4/h7-10,14H,5-6,11-13H2,1-4H3,(H,20,25)(H2,21,22,24,26). The molecule has 0 bridgehead atoms. The molecule has 1 aromatic rings. The predicted octanol–water partition coefficient (Wildman–Crippen LogP) is 2.62. The Hall–Kier alpha value is -1.99. The highest BCUT2D eigenvalue weighted by Crippen LogP contribution is 2.09. The molecule has 144 valence electrons. The van der Waals surface area contributed by atoms with Gasteiger partial charge in [-0.25, -0.2) is 0 Å². The first-order valence-electron chi connectivity index (χ1n) is 9.07. The van der Waals surface area contributed by atoms with Crippen LogP contribution in [0.5, 0.6) is 0 Å². The number of thiocarbonyl (C=S) groups is 1. The van der Waals surface area contributed by atoms with Crippen molar-refractivity contribution in [1.82, 2.24) is 15.5 Å². The number of anilines is 1. The highest BCUT2D eigenvalue weighted by Gasteiger charge is 2.09. The molecule has 1 aromatic carbocycles. The van der Waals surface area contributed by atoms with Gasteiger partial charge in [0.15, 0.2) is 5.11 Å². The molecule has 1 rings (SSSR count). The minimum atomic E-state index is -0.110. The van der Waals surface area contributed by atoms with E-state index in [1.165, 1.54) is 0 Å². The molecule has 0 spiro atoms. The van der Waals surface area contributed by atoms with E-state index in [0.717, 1.165) is 25.3 Å². The van der Waals surface area contributed by atoms with E-state index >= 15 is 0 Å². The zero-order valence-electron chi connectivity index (χ0n) is 16.1. The van der Waals surface area contributed by atoms with Crippen LogP contribution in [0.4, 0.5) is 5.69 Å². The van der Waals surface area contributed by atoms with Crippen LogP contribution >= 0.6 is 12.2 Å². The molecular formula is C19H30N4O2S. The maximum absolute atomic E-state index is 12.2. The molecular weight excluding hydrogens is 348 g/mol. The SMILES string of the molecule is CCN(CC)CCNC(=O)c1ccc(NC(=S)NC(=O)CC(C)C)cc1. The summed E-state index contributed by atoms with van der Waals surface area (Å²) in [7, 11) is 0. The quantitative estimate of drug-likeness (QED) is 0.576. The molecule has 2 amide bonds. The van der Waals surface area contributed by atoms with Gasteiger partial charge in [0.05, 0.1) is 0 Å². The smallest absolute Gasteiger partial charge is 0.251 e. The van der Waals surface area contributed by atoms with E-state index in [9.17, 15) is 9.59 Å². The number of nitrogens with zero attached hydrogens (tertiary/aromatic N) is 1. The van der Waals surface area contributed by atoms with Gasteiger partial charge in [-0.15, -0.1) is 0 Å². The lowest BCUT2D eigenvalue weighted by atomic mass is 10.1. The van der Waals surface area contributed by atoms with Crippen LogP contribution in [-0.4, -0.2) is 48.0 Å². The fourth-order valence-electron chi connectivity index (χ4n) is 2.39. The average Bonchev–Trinajstić information content (AvgIpc) is 2.58. The van der Waals surface area contributed by atoms with Crippen LogP contribution in [0.3, 0.4) is 0 Å². The van der Waals surface area contributed by atoms with Crippen molar-refractivity contribution in [3.63, 3.8) is 0 Å². The summed E-state index contributed by atoms with van der Waals surface area (Å²) in [6, 6.07) is 6.99. The summed E-state index contributed by atoms with van der Waals surface area (Å²) in [5.74, 6) is 0.0653. The Morgan fingerprint density at radius 2 is 1.73 bits per heavy atom.